The summed E-state index contributed by atoms with van der Waals surface area (Å²) in [6, 6.07) is -5.53. The maximum Gasteiger partial charge on any atom is 0.294 e. The van der Waals surface area contributed by atoms with Gasteiger partial charge in [0, 0.05) is 19.1 Å². The van der Waals surface area contributed by atoms with Crippen molar-refractivity contribution in [1.82, 2.24) is 5.32 Å². The van der Waals surface area contributed by atoms with Crippen molar-refractivity contribution in [2.45, 2.75) is 135 Å². The SMILES string of the molecule is NC[C@@H]1O[C@H](O[C@H]2[C@@H](O)[C@H](O[C@@H]3[C@@H](O)[C@H](NC(=O)[C@@H](O)C(F)(F)CN)C[C@H](N)[C@H]3O[C@H]3O[C@H](CN)[C@@H](O)[C@H](O)[C@H]3N)O[C@@H]2CO)[C@H](N)[C@@H](O)[C@@H]1O. The van der Waals surface area contributed by atoms with Crippen molar-refractivity contribution >= 4 is 5.91 Å². The Morgan fingerprint density at radius 3 is 1.67 bits per heavy atom. The average molecular weight is 752 g/mol. The summed E-state index contributed by atoms with van der Waals surface area (Å²) in [5.74, 6) is -5.65. The summed E-state index contributed by atoms with van der Waals surface area (Å²) < 4.78 is 62.6. The third-order valence-corrected chi connectivity index (χ3v) is 9.57. The molecular weight excluding hydrogens is 700 g/mol. The van der Waals surface area contributed by atoms with E-state index >= 15 is 0 Å². The van der Waals surface area contributed by atoms with Crippen LogP contribution < -0.4 is 39.7 Å². The molecular formula is C27H51F2N7O15. The van der Waals surface area contributed by atoms with E-state index in [1.807, 2.05) is 0 Å². The summed E-state index contributed by atoms with van der Waals surface area (Å²) in [6.07, 6.45) is -26.4. The van der Waals surface area contributed by atoms with Crippen LogP contribution in [-0.2, 0) is 33.2 Å². The molecule has 0 aromatic carbocycles. The summed E-state index contributed by atoms with van der Waals surface area (Å²) in [7, 11) is 0. The number of nitrogens with two attached hydrogens (primary N) is 6. The molecule has 3 saturated heterocycles. The molecule has 24 heteroatoms. The second-order valence-corrected chi connectivity index (χ2v) is 13.1. The fourth-order valence-corrected chi connectivity index (χ4v) is 6.42. The Balaban J connectivity index is 1.59. The Bertz CT molecular complexity index is 1140. The van der Waals surface area contributed by atoms with Crippen molar-refractivity contribution in [2.75, 3.05) is 26.2 Å². The molecule has 4 aliphatic rings. The molecule has 20 atom stereocenters. The van der Waals surface area contributed by atoms with Crippen LogP contribution in [0, 0.1) is 0 Å². The van der Waals surface area contributed by atoms with Crippen molar-refractivity contribution in [3.63, 3.8) is 0 Å². The molecule has 4 fully saturated rings. The summed E-state index contributed by atoms with van der Waals surface area (Å²) in [5, 5.41) is 86.1. The Labute approximate surface area is 289 Å². The van der Waals surface area contributed by atoms with Gasteiger partial charge in [-0.25, -0.2) is 8.78 Å². The van der Waals surface area contributed by atoms with Crippen LogP contribution in [0.15, 0.2) is 0 Å². The number of rotatable bonds is 13. The fraction of sp³-hybridized carbons (Fsp3) is 0.963. The van der Waals surface area contributed by atoms with Crippen molar-refractivity contribution in [1.29, 1.82) is 0 Å². The highest BCUT2D eigenvalue weighted by atomic mass is 19.3. The standard InChI is InChI=1S/C27H51F2N7O15/c28-27(29,5-32)22(44)23(45)36-7-1-6(33)19(49-24-11(34)16(41)14(39)8(2-30)46-24)21(13(7)38)51-26-18(43)20(10(4-37)48-26)50-25-12(35)17(42)15(40)9(3-31)47-25/h6-22,24-26,37-44H,1-5,30-35H2,(H,36,45)/t6-,7+,8+,9-,10+,11+,12+,13-,14+,15+,16+,17+,18+,19+,20+,21+,22+,24+,25+,26-/m0/s1. The second-order valence-electron chi connectivity index (χ2n) is 13.1. The molecule has 4 rings (SSSR count). The number of carbonyl (C=O) groups excluding carboxylic acids is 1. The summed E-state index contributed by atoms with van der Waals surface area (Å²) in [6.45, 7) is -2.70. The van der Waals surface area contributed by atoms with Gasteiger partial charge >= 0.3 is 0 Å². The number of nitrogens with one attached hydrogen (secondary N) is 1. The van der Waals surface area contributed by atoms with Gasteiger partial charge in [-0.05, 0) is 6.42 Å². The van der Waals surface area contributed by atoms with E-state index in [1.165, 1.54) is 0 Å². The van der Waals surface area contributed by atoms with Gasteiger partial charge in [-0.3, -0.25) is 4.79 Å². The highest BCUT2D eigenvalue weighted by Crippen LogP contribution is 2.35. The van der Waals surface area contributed by atoms with Crippen molar-refractivity contribution < 1.29 is 82.8 Å². The zero-order valence-corrected chi connectivity index (χ0v) is 27.2. The summed E-state index contributed by atoms with van der Waals surface area (Å²) >= 11 is 0. The number of hydrogen-bond donors (Lipinski definition) is 15. The zero-order valence-electron chi connectivity index (χ0n) is 27.2. The first-order chi connectivity index (χ1) is 23.9. The molecule has 1 saturated carbocycles. The fourth-order valence-electron chi connectivity index (χ4n) is 6.42. The van der Waals surface area contributed by atoms with Gasteiger partial charge in [0.1, 0.15) is 73.2 Å². The third kappa shape index (κ3) is 8.76. The number of amides is 1. The number of aliphatic hydroxyl groups excluding tert-OH is 8. The van der Waals surface area contributed by atoms with Crippen LogP contribution in [0.1, 0.15) is 6.42 Å². The smallest absolute Gasteiger partial charge is 0.294 e. The Morgan fingerprint density at radius 2 is 1.20 bits per heavy atom. The lowest BCUT2D eigenvalue weighted by molar-refractivity contribution is -0.307. The van der Waals surface area contributed by atoms with Crippen molar-refractivity contribution in [3.05, 3.63) is 0 Å². The summed E-state index contributed by atoms with van der Waals surface area (Å²) in [4.78, 5) is 12.6. The van der Waals surface area contributed by atoms with Crippen LogP contribution in [0.2, 0.25) is 0 Å². The minimum Gasteiger partial charge on any atom is -0.394 e. The Morgan fingerprint density at radius 1 is 0.725 bits per heavy atom. The van der Waals surface area contributed by atoms with Gasteiger partial charge in [-0.2, -0.15) is 0 Å². The molecule has 22 nitrogen and oxygen atoms in total. The Kier molecular flexibility index (Phi) is 14.4. The number of carbonyl (C=O) groups is 1. The number of alkyl halides is 2. The quantitative estimate of drug-likeness (QED) is 0.0830. The van der Waals surface area contributed by atoms with E-state index in [1.54, 1.807) is 0 Å². The zero-order chi connectivity index (χ0) is 38.1. The average Bonchev–Trinajstić information content (AvgIpc) is 3.40. The normalized spacial score (nSPS) is 47.3. The molecule has 3 heterocycles. The number of aliphatic hydroxyl groups is 8. The molecule has 0 aromatic rings. The van der Waals surface area contributed by atoms with E-state index < -0.39 is 154 Å². The van der Waals surface area contributed by atoms with E-state index in [0.717, 1.165) is 0 Å². The molecule has 51 heavy (non-hydrogen) atoms. The van der Waals surface area contributed by atoms with Crippen LogP contribution in [0.3, 0.4) is 0 Å². The van der Waals surface area contributed by atoms with E-state index in [-0.39, 0.29) is 13.1 Å². The lowest BCUT2D eigenvalue weighted by atomic mass is 9.83. The van der Waals surface area contributed by atoms with E-state index in [4.69, 9.17) is 62.8 Å². The second kappa shape index (κ2) is 17.3. The highest BCUT2D eigenvalue weighted by Gasteiger charge is 2.55. The predicted octanol–water partition coefficient (Wildman–Crippen LogP) is -9.78. The van der Waals surface area contributed by atoms with Gasteiger partial charge in [0.2, 0.25) is 0 Å². The predicted molar refractivity (Wildman–Crippen MR) is 162 cm³/mol. The molecule has 0 spiro atoms. The third-order valence-electron chi connectivity index (χ3n) is 9.57. The lowest BCUT2D eigenvalue weighted by Crippen LogP contribution is -2.69. The van der Waals surface area contributed by atoms with Gasteiger partial charge in [0.25, 0.3) is 11.8 Å². The number of hydrogen-bond acceptors (Lipinski definition) is 21. The van der Waals surface area contributed by atoms with Gasteiger partial charge in [-0.15, -0.1) is 0 Å². The highest BCUT2D eigenvalue weighted by molar-refractivity contribution is 5.82. The van der Waals surface area contributed by atoms with E-state index in [2.05, 4.69) is 5.32 Å². The van der Waals surface area contributed by atoms with Gasteiger partial charge < -0.3 is 109 Å². The lowest BCUT2D eigenvalue weighted by Gasteiger charge is -2.48. The van der Waals surface area contributed by atoms with E-state index in [0.29, 0.717) is 0 Å². The first-order valence-corrected chi connectivity index (χ1v) is 16.3. The van der Waals surface area contributed by atoms with Crippen molar-refractivity contribution in [2.24, 2.45) is 34.4 Å². The molecule has 0 radical (unpaired) electrons. The minimum atomic E-state index is -4.04. The summed E-state index contributed by atoms with van der Waals surface area (Å²) in [5.41, 5.74) is 34.6. The van der Waals surface area contributed by atoms with E-state index in [9.17, 15) is 54.4 Å². The Hall–Kier alpha value is -1.47. The van der Waals surface area contributed by atoms with Crippen molar-refractivity contribution in [3.8, 4) is 0 Å². The monoisotopic (exact) mass is 751 g/mol. The van der Waals surface area contributed by atoms with Gasteiger partial charge in [-0.1, -0.05) is 0 Å². The topological polar surface area (TPSA) is 402 Å². The maximum absolute atomic E-state index is 14.0. The molecule has 0 bridgehead atoms. The molecule has 21 N–H and O–H groups in total. The first kappa shape index (κ1) is 42.3. The largest absolute Gasteiger partial charge is 0.394 e. The molecule has 3 aliphatic heterocycles. The maximum atomic E-state index is 14.0. The van der Waals surface area contributed by atoms with Crippen LogP contribution >= 0.6 is 0 Å². The number of ether oxygens (including phenoxy) is 6. The molecule has 1 amide bonds. The molecule has 0 unspecified atom stereocenters. The van der Waals surface area contributed by atoms with Crippen LogP contribution in [0.4, 0.5) is 8.78 Å². The minimum absolute atomic E-state index is 0.250. The van der Waals surface area contributed by atoms with Crippen LogP contribution in [0.25, 0.3) is 0 Å². The number of halogens is 2. The van der Waals surface area contributed by atoms with Crippen LogP contribution in [0.5, 0.6) is 0 Å². The molecule has 0 aromatic heterocycles. The van der Waals surface area contributed by atoms with Crippen LogP contribution in [-0.4, -0.2) is 201 Å². The molecule has 298 valence electrons. The first-order valence-electron chi connectivity index (χ1n) is 16.3. The molecule has 1 aliphatic carbocycles. The van der Waals surface area contributed by atoms with Gasteiger partial charge in [0.15, 0.2) is 25.0 Å². The van der Waals surface area contributed by atoms with Gasteiger partial charge in [0.05, 0.1) is 31.3 Å².